The summed E-state index contributed by atoms with van der Waals surface area (Å²) in [5.41, 5.74) is 1.69. The summed E-state index contributed by atoms with van der Waals surface area (Å²) in [6, 6.07) is 6.68. The second-order valence-electron chi connectivity index (χ2n) is 4.09. The average Bonchev–Trinajstić information content (AvgIpc) is 2.74. The molecule has 1 atom stereocenters. The highest BCUT2D eigenvalue weighted by atomic mass is 35.5. The number of nitrogens with one attached hydrogen (secondary N) is 1. The summed E-state index contributed by atoms with van der Waals surface area (Å²) >= 11 is 7.78. The molecule has 1 aromatic carbocycles. The van der Waals surface area contributed by atoms with Gasteiger partial charge >= 0.3 is 0 Å². The van der Waals surface area contributed by atoms with Crippen molar-refractivity contribution in [2.24, 2.45) is 0 Å². The highest BCUT2D eigenvalue weighted by Crippen LogP contribution is 2.34. The van der Waals surface area contributed by atoms with Crippen LogP contribution in [-0.4, -0.2) is 6.54 Å². The van der Waals surface area contributed by atoms with Crippen LogP contribution >= 0.6 is 22.9 Å². The molecule has 1 unspecified atom stereocenters. The van der Waals surface area contributed by atoms with Crippen LogP contribution in [-0.2, 0) is 0 Å². The van der Waals surface area contributed by atoms with E-state index in [0.29, 0.717) is 10.6 Å². The SMILES string of the molecule is CCNC(c1sccc1C)c1c(F)cccc1Cl. The van der Waals surface area contributed by atoms with Gasteiger partial charge < -0.3 is 5.32 Å². The van der Waals surface area contributed by atoms with E-state index < -0.39 is 0 Å². The topological polar surface area (TPSA) is 12.0 Å². The molecule has 4 heteroatoms. The number of aryl methyl sites for hydroxylation is 1. The first-order chi connectivity index (χ1) is 8.65. The van der Waals surface area contributed by atoms with Crippen molar-refractivity contribution in [2.75, 3.05) is 6.54 Å². The third-order valence-electron chi connectivity index (χ3n) is 2.86. The van der Waals surface area contributed by atoms with Gasteiger partial charge in [-0.2, -0.15) is 0 Å². The molecule has 0 spiro atoms. The molecule has 1 nitrogen and oxygen atoms in total. The van der Waals surface area contributed by atoms with E-state index in [9.17, 15) is 4.39 Å². The van der Waals surface area contributed by atoms with Crippen molar-refractivity contribution < 1.29 is 4.39 Å². The maximum absolute atomic E-state index is 14.0. The number of rotatable bonds is 4. The maximum Gasteiger partial charge on any atom is 0.129 e. The first-order valence-electron chi connectivity index (χ1n) is 5.86. The summed E-state index contributed by atoms with van der Waals surface area (Å²) in [7, 11) is 0. The van der Waals surface area contributed by atoms with Gasteiger partial charge in [-0.15, -0.1) is 11.3 Å². The van der Waals surface area contributed by atoms with E-state index in [2.05, 4.69) is 5.32 Å². The van der Waals surface area contributed by atoms with Crippen molar-refractivity contribution in [3.05, 3.63) is 56.5 Å². The van der Waals surface area contributed by atoms with Gasteiger partial charge in [0.1, 0.15) is 5.82 Å². The molecule has 0 aliphatic rings. The number of benzene rings is 1. The lowest BCUT2D eigenvalue weighted by atomic mass is 10.0. The molecule has 2 rings (SSSR count). The minimum absolute atomic E-state index is 0.177. The molecule has 2 aromatic rings. The van der Waals surface area contributed by atoms with Crippen LogP contribution in [0.2, 0.25) is 5.02 Å². The molecule has 0 saturated carbocycles. The lowest BCUT2D eigenvalue weighted by Crippen LogP contribution is -2.23. The van der Waals surface area contributed by atoms with Crippen LogP contribution in [0.15, 0.2) is 29.6 Å². The molecular formula is C14H15ClFNS. The normalized spacial score (nSPS) is 12.7. The summed E-state index contributed by atoms with van der Waals surface area (Å²) in [6.45, 7) is 4.79. The van der Waals surface area contributed by atoms with Gasteiger partial charge in [0.25, 0.3) is 0 Å². The van der Waals surface area contributed by atoms with E-state index in [1.807, 2.05) is 25.3 Å². The second-order valence-corrected chi connectivity index (χ2v) is 5.45. The summed E-state index contributed by atoms with van der Waals surface area (Å²) in [5.74, 6) is -0.263. The zero-order valence-corrected chi connectivity index (χ0v) is 11.9. The van der Waals surface area contributed by atoms with Gasteiger partial charge in [-0.05, 0) is 42.6 Å². The Morgan fingerprint density at radius 2 is 2.17 bits per heavy atom. The Balaban J connectivity index is 2.52. The van der Waals surface area contributed by atoms with E-state index >= 15 is 0 Å². The molecule has 1 aromatic heterocycles. The smallest absolute Gasteiger partial charge is 0.129 e. The van der Waals surface area contributed by atoms with Crippen molar-refractivity contribution in [3.63, 3.8) is 0 Å². The first kappa shape index (κ1) is 13.5. The highest BCUT2D eigenvalue weighted by Gasteiger charge is 2.22. The predicted octanol–water partition coefficient (Wildman–Crippen LogP) is 4.55. The predicted molar refractivity (Wildman–Crippen MR) is 76.0 cm³/mol. The molecule has 0 bridgehead atoms. The quantitative estimate of drug-likeness (QED) is 0.868. The van der Waals surface area contributed by atoms with Crippen LogP contribution in [0.1, 0.15) is 29.0 Å². The van der Waals surface area contributed by atoms with Crippen molar-refractivity contribution in [1.29, 1.82) is 0 Å². The van der Waals surface area contributed by atoms with E-state index in [4.69, 9.17) is 11.6 Å². The highest BCUT2D eigenvalue weighted by molar-refractivity contribution is 7.10. The van der Waals surface area contributed by atoms with E-state index in [1.54, 1.807) is 23.5 Å². The van der Waals surface area contributed by atoms with Crippen LogP contribution in [0.25, 0.3) is 0 Å². The van der Waals surface area contributed by atoms with Crippen molar-refractivity contribution in [3.8, 4) is 0 Å². The monoisotopic (exact) mass is 283 g/mol. The van der Waals surface area contributed by atoms with Crippen LogP contribution in [0.5, 0.6) is 0 Å². The minimum atomic E-state index is -0.263. The molecular weight excluding hydrogens is 269 g/mol. The third-order valence-corrected chi connectivity index (χ3v) is 4.27. The minimum Gasteiger partial charge on any atom is -0.306 e. The van der Waals surface area contributed by atoms with Crippen LogP contribution in [0, 0.1) is 12.7 Å². The molecule has 1 heterocycles. The average molecular weight is 284 g/mol. The van der Waals surface area contributed by atoms with E-state index in [0.717, 1.165) is 17.0 Å². The zero-order chi connectivity index (χ0) is 13.1. The van der Waals surface area contributed by atoms with E-state index in [1.165, 1.54) is 6.07 Å². The Morgan fingerprint density at radius 1 is 1.39 bits per heavy atom. The van der Waals surface area contributed by atoms with Gasteiger partial charge in [-0.3, -0.25) is 0 Å². The Hall–Kier alpha value is -0.900. The van der Waals surface area contributed by atoms with Crippen molar-refractivity contribution in [2.45, 2.75) is 19.9 Å². The fourth-order valence-corrected chi connectivity index (χ4v) is 3.28. The van der Waals surface area contributed by atoms with Crippen LogP contribution in [0.4, 0.5) is 4.39 Å². The molecule has 18 heavy (non-hydrogen) atoms. The van der Waals surface area contributed by atoms with Crippen LogP contribution < -0.4 is 5.32 Å². The van der Waals surface area contributed by atoms with Gasteiger partial charge in [0, 0.05) is 15.5 Å². The zero-order valence-electron chi connectivity index (χ0n) is 10.3. The summed E-state index contributed by atoms with van der Waals surface area (Å²) in [6.07, 6.45) is 0. The molecule has 0 radical (unpaired) electrons. The second kappa shape index (κ2) is 5.83. The molecule has 0 aliphatic heterocycles. The molecule has 0 amide bonds. The number of thiophene rings is 1. The molecule has 0 fully saturated rings. The van der Waals surface area contributed by atoms with Gasteiger partial charge in [-0.1, -0.05) is 24.6 Å². The summed E-state index contributed by atoms with van der Waals surface area (Å²) in [4.78, 5) is 1.11. The lowest BCUT2D eigenvalue weighted by Gasteiger charge is -2.20. The molecule has 96 valence electrons. The Morgan fingerprint density at radius 3 is 2.72 bits per heavy atom. The van der Waals surface area contributed by atoms with Gasteiger partial charge in [-0.25, -0.2) is 4.39 Å². The first-order valence-corrected chi connectivity index (χ1v) is 7.12. The molecule has 0 saturated heterocycles. The molecule has 0 aliphatic carbocycles. The van der Waals surface area contributed by atoms with E-state index in [-0.39, 0.29) is 11.9 Å². The summed E-state index contributed by atoms with van der Waals surface area (Å²) in [5, 5.41) is 5.79. The van der Waals surface area contributed by atoms with Gasteiger partial charge in [0.05, 0.1) is 6.04 Å². The van der Waals surface area contributed by atoms with Crippen molar-refractivity contribution >= 4 is 22.9 Å². The number of hydrogen-bond donors (Lipinski definition) is 1. The Bertz CT molecular complexity index is 518. The standard InChI is InChI=1S/C14H15ClFNS/c1-3-17-13(14-9(2)7-8-18-14)12-10(15)5-4-6-11(12)16/h4-8,13,17H,3H2,1-2H3. The van der Waals surface area contributed by atoms with Gasteiger partial charge in [0.2, 0.25) is 0 Å². The Kier molecular flexibility index (Phi) is 4.38. The maximum atomic E-state index is 14.0. The number of halogens is 2. The lowest BCUT2D eigenvalue weighted by molar-refractivity contribution is 0.562. The third kappa shape index (κ3) is 2.58. The fraction of sp³-hybridized carbons (Fsp3) is 0.286. The largest absolute Gasteiger partial charge is 0.306 e. The van der Waals surface area contributed by atoms with Gasteiger partial charge in [0.15, 0.2) is 0 Å². The Labute approximate surface area is 116 Å². The van der Waals surface area contributed by atoms with Crippen LogP contribution in [0.3, 0.4) is 0 Å². The fourth-order valence-electron chi connectivity index (χ4n) is 2.00. The number of hydrogen-bond acceptors (Lipinski definition) is 2. The van der Waals surface area contributed by atoms with Crippen molar-refractivity contribution in [1.82, 2.24) is 5.32 Å². The summed E-state index contributed by atoms with van der Waals surface area (Å²) < 4.78 is 14.0. The molecule has 1 N–H and O–H groups in total.